The zero-order chi connectivity index (χ0) is 13.3. The minimum atomic E-state index is -0.277. The van der Waals surface area contributed by atoms with Crippen molar-refractivity contribution < 1.29 is 14.1 Å². The van der Waals surface area contributed by atoms with Gasteiger partial charge >= 0.3 is 0 Å². The molecule has 1 aliphatic rings. The van der Waals surface area contributed by atoms with Crippen molar-refractivity contribution in [2.45, 2.75) is 33.2 Å². The first-order valence-electron chi connectivity index (χ1n) is 5.99. The standard InChI is InChI=1S/C12H17N3O3/c1-6(11-7(2)15-18-8(11)3)14-12(17)9-4-10(16)13-5-9/h6,9H,4-5H2,1-3H3,(H,13,16)(H,14,17). The van der Waals surface area contributed by atoms with Crippen molar-refractivity contribution >= 4 is 11.8 Å². The van der Waals surface area contributed by atoms with Crippen LogP contribution in [0.4, 0.5) is 0 Å². The number of aromatic nitrogens is 1. The highest BCUT2D eigenvalue weighted by atomic mass is 16.5. The monoisotopic (exact) mass is 251 g/mol. The van der Waals surface area contributed by atoms with Gasteiger partial charge in [0.05, 0.1) is 17.7 Å². The molecule has 2 amide bonds. The highest BCUT2D eigenvalue weighted by molar-refractivity contribution is 5.89. The number of nitrogens with one attached hydrogen (secondary N) is 2. The van der Waals surface area contributed by atoms with Gasteiger partial charge in [0, 0.05) is 18.5 Å². The molecule has 0 aromatic carbocycles. The third-order valence-corrected chi connectivity index (χ3v) is 3.23. The lowest BCUT2D eigenvalue weighted by Crippen LogP contribution is -2.34. The van der Waals surface area contributed by atoms with E-state index in [0.717, 1.165) is 11.3 Å². The van der Waals surface area contributed by atoms with Crippen molar-refractivity contribution in [2.24, 2.45) is 5.92 Å². The fraction of sp³-hybridized carbons (Fsp3) is 0.583. The van der Waals surface area contributed by atoms with E-state index < -0.39 is 0 Å². The summed E-state index contributed by atoms with van der Waals surface area (Å²) >= 11 is 0. The van der Waals surface area contributed by atoms with Gasteiger partial charge < -0.3 is 15.2 Å². The first-order valence-corrected chi connectivity index (χ1v) is 5.99. The fourth-order valence-electron chi connectivity index (χ4n) is 2.30. The Hall–Kier alpha value is -1.85. The van der Waals surface area contributed by atoms with E-state index >= 15 is 0 Å². The summed E-state index contributed by atoms with van der Waals surface area (Å²) in [5.74, 6) is 0.252. The Balaban J connectivity index is 2.01. The molecule has 2 atom stereocenters. The quantitative estimate of drug-likeness (QED) is 0.824. The van der Waals surface area contributed by atoms with Crippen LogP contribution in [0.15, 0.2) is 4.52 Å². The Morgan fingerprint density at radius 3 is 2.78 bits per heavy atom. The van der Waals surface area contributed by atoms with Crippen LogP contribution in [0.25, 0.3) is 0 Å². The van der Waals surface area contributed by atoms with Gasteiger partial charge in [-0.05, 0) is 20.8 Å². The molecular formula is C12H17N3O3. The van der Waals surface area contributed by atoms with Gasteiger partial charge in [0.15, 0.2) is 0 Å². The lowest BCUT2D eigenvalue weighted by Gasteiger charge is -2.16. The van der Waals surface area contributed by atoms with Gasteiger partial charge in [0.1, 0.15) is 5.76 Å². The van der Waals surface area contributed by atoms with Gasteiger partial charge in [-0.15, -0.1) is 0 Å². The van der Waals surface area contributed by atoms with E-state index in [0.29, 0.717) is 12.3 Å². The van der Waals surface area contributed by atoms with E-state index in [9.17, 15) is 9.59 Å². The molecule has 0 radical (unpaired) electrons. The van der Waals surface area contributed by atoms with E-state index in [-0.39, 0.29) is 30.2 Å². The van der Waals surface area contributed by atoms with Crippen LogP contribution in [-0.4, -0.2) is 23.5 Å². The highest BCUT2D eigenvalue weighted by Crippen LogP contribution is 2.21. The molecule has 1 fully saturated rings. The number of carbonyl (C=O) groups is 2. The maximum Gasteiger partial charge on any atom is 0.225 e. The maximum atomic E-state index is 12.0. The van der Waals surface area contributed by atoms with Gasteiger partial charge in [0.2, 0.25) is 11.8 Å². The third kappa shape index (κ3) is 2.37. The molecular weight excluding hydrogens is 234 g/mol. The largest absolute Gasteiger partial charge is 0.361 e. The molecule has 0 saturated carbocycles. The van der Waals surface area contributed by atoms with Crippen molar-refractivity contribution in [1.29, 1.82) is 0 Å². The predicted molar refractivity (Wildman–Crippen MR) is 63.7 cm³/mol. The van der Waals surface area contributed by atoms with Gasteiger partial charge in [0.25, 0.3) is 0 Å². The van der Waals surface area contributed by atoms with E-state index in [1.54, 1.807) is 0 Å². The summed E-state index contributed by atoms with van der Waals surface area (Å²) < 4.78 is 5.07. The zero-order valence-corrected chi connectivity index (χ0v) is 10.7. The minimum absolute atomic E-state index is 0.0693. The first kappa shape index (κ1) is 12.6. The molecule has 2 rings (SSSR count). The Morgan fingerprint density at radius 1 is 1.56 bits per heavy atom. The summed E-state index contributed by atoms with van der Waals surface area (Å²) in [5.41, 5.74) is 1.68. The molecule has 1 aromatic heterocycles. The van der Waals surface area contributed by atoms with Crippen LogP contribution >= 0.6 is 0 Å². The topological polar surface area (TPSA) is 84.2 Å². The van der Waals surface area contributed by atoms with Gasteiger partial charge in [-0.3, -0.25) is 9.59 Å². The molecule has 1 aliphatic heterocycles. The first-order chi connectivity index (χ1) is 8.49. The molecule has 1 saturated heterocycles. The predicted octanol–water partition coefficient (Wildman–Crippen LogP) is 0.605. The Kier molecular flexibility index (Phi) is 3.36. The normalized spacial score (nSPS) is 20.6. The molecule has 6 nitrogen and oxygen atoms in total. The second-order valence-electron chi connectivity index (χ2n) is 4.67. The van der Waals surface area contributed by atoms with Crippen LogP contribution in [0.5, 0.6) is 0 Å². The number of aryl methyl sites for hydroxylation is 2. The number of carbonyl (C=O) groups excluding carboxylic acids is 2. The molecule has 98 valence electrons. The molecule has 2 unspecified atom stereocenters. The van der Waals surface area contributed by atoms with Crippen molar-refractivity contribution in [3.8, 4) is 0 Å². The number of hydrogen-bond donors (Lipinski definition) is 2. The molecule has 0 aliphatic carbocycles. The van der Waals surface area contributed by atoms with Crippen LogP contribution in [0.3, 0.4) is 0 Å². The van der Waals surface area contributed by atoms with Gasteiger partial charge in [-0.2, -0.15) is 0 Å². The number of rotatable bonds is 3. The fourth-order valence-corrected chi connectivity index (χ4v) is 2.30. The van der Waals surface area contributed by atoms with Crippen LogP contribution in [0.1, 0.15) is 36.4 Å². The molecule has 1 aromatic rings. The summed E-state index contributed by atoms with van der Waals surface area (Å²) in [7, 11) is 0. The number of amides is 2. The van der Waals surface area contributed by atoms with Crippen molar-refractivity contribution in [3.05, 3.63) is 17.0 Å². The Bertz CT molecular complexity index is 461. The lowest BCUT2D eigenvalue weighted by molar-refractivity contribution is -0.127. The van der Waals surface area contributed by atoms with Crippen molar-refractivity contribution in [2.75, 3.05) is 6.54 Å². The van der Waals surface area contributed by atoms with E-state index in [1.807, 2.05) is 20.8 Å². The number of nitrogens with zero attached hydrogens (tertiary/aromatic N) is 1. The molecule has 18 heavy (non-hydrogen) atoms. The molecule has 2 N–H and O–H groups in total. The molecule has 6 heteroatoms. The van der Waals surface area contributed by atoms with E-state index in [1.165, 1.54) is 0 Å². The van der Waals surface area contributed by atoms with Crippen molar-refractivity contribution in [3.63, 3.8) is 0 Å². The Labute approximate surface area is 105 Å². The smallest absolute Gasteiger partial charge is 0.225 e. The summed E-state index contributed by atoms with van der Waals surface area (Å²) in [6.45, 7) is 5.96. The second-order valence-corrected chi connectivity index (χ2v) is 4.67. The third-order valence-electron chi connectivity index (χ3n) is 3.23. The van der Waals surface area contributed by atoms with Crippen LogP contribution in [0, 0.1) is 19.8 Å². The van der Waals surface area contributed by atoms with Gasteiger partial charge in [-0.1, -0.05) is 5.16 Å². The van der Waals surface area contributed by atoms with E-state index in [4.69, 9.17) is 4.52 Å². The SMILES string of the molecule is Cc1noc(C)c1C(C)NC(=O)C1CNC(=O)C1. The number of hydrogen-bond acceptors (Lipinski definition) is 4. The summed E-state index contributed by atoms with van der Waals surface area (Å²) in [6.07, 6.45) is 0.264. The zero-order valence-electron chi connectivity index (χ0n) is 10.7. The summed E-state index contributed by atoms with van der Waals surface area (Å²) in [5, 5.41) is 9.41. The lowest BCUT2D eigenvalue weighted by atomic mass is 10.0. The van der Waals surface area contributed by atoms with Crippen molar-refractivity contribution in [1.82, 2.24) is 15.8 Å². The van der Waals surface area contributed by atoms with Crippen LogP contribution < -0.4 is 10.6 Å². The molecule has 0 bridgehead atoms. The van der Waals surface area contributed by atoms with Crippen LogP contribution in [0.2, 0.25) is 0 Å². The van der Waals surface area contributed by atoms with Gasteiger partial charge in [-0.25, -0.2) is 0 Å². The average Bonchev–Trinajstić information content (AvgIpc) is 2.85. The minimum Gasteiger partial charge on any atom is -0.361 e. The summed E-state index contributed by atoms with van der Waals surface area (Å²) in [6, 6.07) is -0.167. The average molecular weight is 251 g/mol. The highest BCUT2D eigenvalue weighted by Gasteiger charge is 2.29. The van der Waals surface area contributed by atoms with Crippen LogP contribution in [-0.2, 0) is 9.59 Å². The maximum absolute atomic E-state index is 12.0. The van der Waals surface area contributed by atoms with E-state index in [2.05, 4.69) is 15.8 Å². The molecule has 0 spiro atoms. The molecule has 2 heterocycles. The Morgan fingerprint density at radius 2 is 2.28 bits per heavy atom. The summed E-state index contributed by atoms with van der Waals surface area (Å²) in [4.78, 5) is 23.0. The second kappa shape index (κ2) is 4.80.